The molecule has 2 aromatic carbocycles. The molecular formula is C17H19NO4S. The number of carbonyl (C=O) groups is 1. The topological polar surface area (TPSA) is 72.5 Å². The number of hydrogen-bond acceptors (Lipinski definition) is 4. The summed E-state index contributed by atoms with van der Waals surface area (Å²) >= 11 is 0. The number of carbonyl (C=O) groups excluding carboxylic acids is 1. The predicted octanol–water partition coefficient (Wildman–Crippen LogP) is 3.20. The molecule has 0 aliphatic rings. The average molecular weight is 333 g/mol. The Labute approximate surface area is 136 Å². The number of esters is 1. The lowest BCUT2D eigenvalue weighted by atomic mass is 10.1. The molecule has 0 saturated heterocycles. The molecule has 0 aliphatic heterocycles. The SMILES string of the molecule is COC(=O)c1cccc(NS(=O)(=O)c2cc(C)c(C)cc2C)c1. The minimum atomic E-state index is -3.73. The van der Waals surface area contributed by atoms with Gasteiger partial charge in [0.15, 0.2) is 0 Å². The molecular weight excluding hydrogens is 314 g/mol. The van der Waals surface area contributed by atoms with E-state index in [4.69, 9.17) is 0 Å². The number of rotatable bonds is 4. The molecule has 5 nitrogen and oxygen atoms in total. The third-order valence-electron chi connectivity index (χ3n) is 3.62. The number of sulfonamides is 1. The highest BCUT2D eigenvalue weighted by molar-refractivity contribution is 7.92. The molecule has 0 spiro atoms. The number of anilines is 1. The first-order valence-electron chi connectivity index (χ1n) is 7.03. The Morgan fingerprint density at radius 3 is 2.30 bits per heavy atom. The van der Waals surface area contributed by atoms with Crippen LogP contribution in [0.4, 0.5) is 5.69 Å². The second-order valence-electron chi connectivity index (χ2n) is 5.38. The van der Waals surface area contributed by atoms with Gasteiger partial charge in [-0.3, -0.25) is 4.72 Å². The van der Waals surface area contributed by atoms with Crippen LogP contribution in [0.15, 0.2) is 41.3 Å². The molecule has 0 aliphatic carbocycles. The van der Waals surface area contributed by atoms with E-state index in [1.165, 1.54) is 13.2 Å². The fourth-order valence-corrected chi connectivity index (χ4v) is 3.62. The summed E-state index contributed by atoms with van der Waals surface area (Å²) in [5.41, 5.74) is 3.20. The van der Waals surface area contributed by atoms with E-state index in [2.05, 4.69) is 9.46 Å². The fourth-order valence-electron chi connectivity index (χ4n) is 2.26. The Kier molecular flexibility index (Phi) is 4.75. The van der Waals surface area contributed by atoms with Gasteiger partial charge in [-0.1, -0.05) is 12.1 Å². The summed E-state index contributed by atoms with van der Waals surface area (Å²) in [6.07, 6.45) is 0. The molecule has 6 heteroatoms. The number of ether oxygens (including phenoxy) is 1. The van der Waals surface area contributed by atoms with E-state index in [-0.39, 0.29) is 10.5 Å². The van der Waals surface area contributed by atoms with Crippen LogP contribution in [-0.4, -0.2) is 21.5 Å². The van der Waals surface area contributed by atoms with Crippen LogP contribution in [0.25, 0.3) is 0 Å². The molecule has 2 rings (SSSR count). The van der Waals surface area contributed by atoms with E-state index in [1.807, 2.05) is 19.9 Å². The summed E-state index contributed by atoms with van der Waals surface area (Å²) in [7, 11) is -2.46. The van der Waals surface area contributed by atoms with Crippen molar-refractivity contribution in [2.24, 2.45) is 0 Å². The minimum Gasteiger partial charge on any atom is -0.465 e. The predicted molar refractivity (Wildman–Crippen MR) is 89.2 cm³/mol. The van der Waals surface area contributed by atoms with E-state index in [1.54, 1.807) is 31.2 Å². The van der Waals surface area contributed by atoms with Crippen molar-refractivity contribution in [3.05, 3.63) is 58.7 Å². The summed E-state index contributed by atoms with van der Waals surface area (Å²) in [5.74, 6) is -0.520. The van der Waals surface area contributed by atoms with Crippen molar-refractivity contribution in [1.29, 1.82) is 0 Å². The van der Waals surface area contributed by atoms with Crippen molar-refractivity contribution < 1.29 is 17.9 Å². The normalized spacial score (nSPS) is 11.1. The highest BCUT2D eigenvalue weighted by atomic mass is 32.2. The molecule has 0 bridgehead atoms. The number of hydrogen-bond donors (Lipinski definition) is 1. The molecule has 0 atom stereocenters. The standard InChI is InChI=1S/C17H19NO4S/c1-11-8-13(3)16(9-12(11)2)23(20,21)18-15-7-5-6-14(10-15)17(19)22-4/h5-10,18H,1-4H3. The Hall–Kier alpha value is -2.34. The van der Waals surface area contributed by atoms with Gasteiger partial charge in [0.05, 0.1) is 17.6 Å². The van der Waals surface area contributed by atoms with Gasteiger partial charge in [-0.2, -0.15) is 0 Å². The van der Waals surface area contributed by atoms with Gasteiger partial charge >= 0.3 is 5.97 Å². The van der Waals surface area contributed by atoms with Crippen LogP contribution in [0, 0.1) is 20.8 Å². The lowest BCUT2D eigenvalue weighted by molar-refractivity contribution is 0.0601. The average Bonchev–Trinajstić information content (AvgIpc) is 2.49. The largest absolute Gasteiger partial charge is 0.465 e. The van der Waals surface area contributed by atoms with Crippen LogP contribution in [0.5, 0.6) is 0 Å². The van der Waals surface area contributed by atoms with E-state index < -0.39 is 16.0 Å². The van der Waals surface area contributed by atoms with Gasteiger partial charge in [-0.15, -0.1) is 0 Å². The van der Waals surface area contributed by atoms with E-state index in [0.717, 1.165) is 11.1 Å². The number of methoxy groups -OCH3 is 1. The van der Waals surface area contributed by atoms with Crippen molar-refractivity contribution in [2.45, 2.75) is 25.7 Å². The van der Waals surface area contributed by atoms with E-state index in [0.29, 0.717) is 11.3 Å². The van der Waals surface area contributed by atoms with Crippen molar-refractivity contribution in [1.82, 2.24) is 0 Å². The van der Waals surface area contributed by atoms with Crippen LogP contribution >= 0.6 is 0 Å². The second kappa shape index (κ2) is 6.42. The van der Waals surface area contributed by atoms with Gasteiger partial charge in [0.2, 0.25) is 0 Å². The maximum Gasteiger partial charge on any atom is 0.337 e. The number of nitrogens with one attached hydrogen (secondary N) is 1. The number of aryl methyl sites for hydroxylation is 3. The quantitative estimate of drug-likeness (QED) is 0.872. The van der Waals surface area contributed by atoms with Crippen molar-refractivity contribution in [3.8, 4) is 0 Å². The summed E-state index contributed by atoms with van der Waals surface area (Å²) in [5, 5.41) is 0. The van der Waals surface area contributed by atoms with Gasteiger partial charge in [-0.25, -0.2) is 13.2 Å². The molecule has 0 aromatic heterocycles. The van der Waals surface area contributed by atoms with Crippen LogP contribution in [0.3, 0.4) is 0 Å². The smallest absolute Gasteiger partial charge is 0.337 e. The Balaban J connectivity index is 2.39. The first-order valence-corrected chi connectivity index (χ1v) is 8.52. The zero-order chi connectivity index (χ0) is 17.2. The monoisotopic (exact) mass is 333 g/mol. The first-order chi connectivity index (χ1) is 10.7. The van der Waals surface area contributed by atoms with Gasteiger partial charge in [-0.05, 0) is 61.7 Å². The van der Waals surface area contributed by atoms with Crippen molar-refractivity contribution >= 4 is 21.7 Å². The lowest BCUT2D eigenvalue weighted by Crippen LogP contribution is -2.15. The van der Waals surface area contributed by atoms with E-state index in [9.17, 15) is 13.2 Å². The molecule has 2 aromatic rings. The second-order valence-corrected chi connectivity index (χ2v) is 7.03. The Morgan fingerprint density at radius 1 is 1.00 bits per heavy atom. The molecule has 0 fully saturated rings. The van der Waals surface area contributed by atoms with E-state index >= 15 is 0 Å². The fraction of sp³-hybridized carbons (Fsp3) is 0.235. The maximum absolute atomic E-state index is 12.6. The molecule has 122 valence electrons. The Bertz CT molecular complexity index is 857. The summed E-state index contributed by atoms with van der Waals surface area (Å²) in [6.45, 7) is 5.56. The third kappa shape index (κ3) is 3.71. The van der Waals surface area contributed by atoms with Gasteiger partial charge in [0, 0.05) is 5.69 Å². The molecule has 0 amide bonds. The van der Waals surface area contributed by atoms with Crippen LogP contribution in [0.1, 0.15) is 27.0 Å². The molecule has 0 unspecified atom stereocenters. The van der Waals surface area contributed by atoms with Crippen molar-refractivity contribution in [2.75, 3.05) is 11.8 Å². The molecule has 23 heavy (non-hydrogen) atoms. The summed E-state index contributed by atoms with van der Waals surface area (Å²) < 4.78 is 32.4. The van der Waals surface area contributed by atoms with Gasteiger partial charge in [0.25, 0.3) is 10.0 Å². The molecule has 0 saturated carbocycles. The Morgan fingerprint density at radius 2 is 1.65 bits per heavy atom. The van der Waals surface area contributed by atoms with Crippen LogP contribution in [-0.2, 0) is 14.8 Å². The molecule has 0 radical (unpaired) electrons. The van der Waals surface area contributed by atoms with Crippen molar-refractivity contribution in [3.63, 3.8) is 0 Å². The first kappa shape index (κ1) is 17.0. The zero-order valence-electron chi connectivity index (χ0n) is 13.5. The highest BCUT2D eigenvalue weighted by Gasteiger charge is 2.18. The summed E-state index contributed by atoms with van der Waals surface area (Å²) in [6, 6.07) is 9.67. The lowest BCUT2D eigenvalue weighted by Gasteiger charge is -2.13. The van der Waals surface area contributed by atoms with Crippen LogP contribution < -0.4 is 4.72 Å². The zero-order valence-corrected chi connectivity index (χ0v) is 14.3. The highest BCUT2D eigenvalue weighted by Crippen LogP contribution is 2.23. The summed E-state index contributed by atoms with van der Waals surface area (Å²) in [4.78, 5) is 11.8. The minimum absolute atomic E-state index is 0.226. The maximum atomic E-state index is 12.6. The van der Waals surface area contributed by atoms with Gasteiger partial charge in [0.1, 0.15) is 0 Å². The molecule has 0 heterocycles. The number of benzene rings is 2. The van der Waals surface area contributed by atoms with Gasteiger partial charge < -0.3 is 4.74 Å². The third-order valence-corrected chi connectivity index (χ3v) is 5.14. The van der Waals surface area contributed by atoms with Crippen LogP contribution in [0.2, 0.25) is 0 Å². The molecule has 1 N–H and O–H groups in total.